The third kappa shape index (κ3) is 3.94. The molecule has 1 saturated heterocycles. The van der Waals surface area contributed by atoms with Gasteiger partial charge in [0, 0.05) is 32.2 Å². The molecule has 0 unspecified atom stereocenters. The van der Waals surface area contributed by atoms with E-state index in [1.165, 1.54) is 12.1 Å². The number of ether oxygens (including phenoxy) is 1. The first-order valence-corrected chi connectivity index (χ1v) is 7.83. The van der Waals surface area contributed by atoms with E-state index >= 15 is 0 Å². The highest BCUT2D eigenvalue weighted by Gasteiger charge is 2.27. The lowest BCUT2D eigenvalue weighted by Gasteiger charge is -2.39. The third-order valence-electron chi connectivity index (χ3n) is 4.13. The number of aliphatic hydroxyl groups is 1. The van der Waals surface area contributed by atoms with Gasteiger partial charge in [0.2, 0.25) is 0 Å². The maximum absolute atomic E-state index is 14.0. The molecule has 122 valence electrons. The summed E-state index contributed by atoms with van der Waals surface area (Å²) in [6, 6.07) is 3.07. The predicted molar refractivity (Wildman–Crippen MR) is 78.7 cm³/mol. The largest absolute Gasteiger partial charge is 0.487 e. The average Bonchev–Trinajstić information content (AvgIpc) is 3.24. The Morgan fingerprint density at radius 1 is 1.23 bits per heavy atom. The number of hydrogen-bond acceptors (Lipinski definition) is 4. The first-order chi connectivity index (χ1) is 10.7. The standard InChI is InChI=1S/C16H22F2N2O2/c17-14-5-12(7-20-8-13(9-20)19-3-4-21)6-15(18)16(14)22-10-11-1-2-11/h5-6,11,13,19,21H,1-4,7-10H2. The minimum atomic E-state index is -0.619. The Labute approximate surface area is 129 Å². The van der Waals surface area contributed by atoms with Crippen molar-refractivity contribution in [3.05, 3.63) is 29.3 Å². The number of nitrogens with one attached hydrogen (secondary N) is 1. The zero-order valence-electron chi connectivity index (χ0n) is 12.5. The average molecular weight is 312 g/mol. The van der Waals surface area contributed by atoms with Gasteiger partial charge in [-0.1, -0.05) is 0 Å². The summed E-state index contributed by atoms with van der Waals surface area (Å²) in [5.41, 5.74) is 0.620. The Bertz CT molecular complexity index is 494. The molecule has 1 aliphatic carbocycles. The smallest absolute Gasteiger partial charge is 0.190 e. The van der Waals surface area contributed by atoms with Crippen LogP contribution in [0.3, 0.4) is 0 Å². The fourth-order valence-corrected chi connectivity index (χ4v) is 2.68. The van der Waals surface area contributed by atoms with E-state index in [0.717, 1.165) is 25.9 Å². The third-order valence-corrected chi connectivity index (χ3v) is 4.13. The minimum Gasteiger partial charge on any atom is -0.487 e. The first kappa shape index (κ1) is 15.6. The summed E-state index contributed by atoms with van der Waals surface area (Å²) in [5, 5.41) is 11.9. The highest BCUT2D eigenvalue weighted by molar-refractivity contribution is 5.31. The molecular formula is C16H22F2N2O2. The van der Waals surface area contributed by atoms with Crippen LogP contribution in [0.2, 0.25) is 0 Å². The van der Waals surface area contributed by atoms with Gasteiger partial charge in [-0.15, -0.1) is 0 Å². The van der Waals surface area contributed by atoms with Crippen LogP contribution in [0.1, 0.15) is 18.4 Å². The molecule has 4 nitrogen and oxygen atoms in total. The number of hydrogen-bond donors (Lipinski definition) is 2. The van der Waals surface area contributed by atoms with Crippen LogP contribution in [0.5, 0.6) is 5.75 Å². The van der Waals surface area contributed by atoms with E-state index < -0.39 is 11.6 Å². The zero-order valence-corrected chi connectivity index (χ0v) is 12.5. The Morgan fingerprint density at radius 3 is 2.50 bits per heavy atom. The van der Waals surface area contributed by atoms with Gasteiger partial charge in [0.1, 0.15) is 0 Å². The molecule has 6 heteroatoms. The van der Waals surface area contributed by atoms with Crippen molar-refractivity contribution in [3.8, 4) is 5.75 Å². The molecule has 2 N–H and O–H groups in total. The van der Waals surface area contributed by atoms with E-state index in [1.807, 2.05) is 0 Å². The van der Waals surface area contributed by atoms with Gasteiger partial charge in [0.15, 0.2) is 17.4 Å². The van der Waals surface area contributed by atoms with Gasteiger partial charge in [-0.3, -0.25) is 4.90 Å². The van der Waals surface area contributed by atoms with E-state index in [2.05, 4.69) is 10.2 Å². The minimum absolute atomic E-state index is 0.120. The number of nitrogens with zero attached hydrogens (tertiary/aromatic N) is 1. The maximum atomic E-state index is 14.0. The van der Waals surface area contributed by atoms with Gasteiger partial charge in [0.25, 0.3) is 0 Å². The Hall–Kier alpha value is -1.24. The quantitative estimate of drug-likeness (QED) is 0.764. The van der Waals surface area contributed by atoms with Crippen molar-refractivity contribution in [1.29, 1.82) is 0 Å². The van der Waals surface area contributed by atoms with Crippen molar-refractivity contribution in [2.24, 2.45) is 5.92 Å². The van der Waals surface area contributed by atoms with Crippen LogP contribution in [0, 0.1) is 17.6 Å². The molecule has 22 heavy (non-hydrogen) atoms. The lowest BCUT2D eigenvalue weighted by atomic mass is 10.1. The molecule has 3 rings (SSSR count). The topological polar surface area (TPSA) is 44.7 Å². The molecule has 1 saturated carbocycles. The molecule has 0 spiro atoms. The summed E-state index contributed by atoms with van der Waals surface area (Å²) < 4.78 is 33.2. The molecule has 0 bridgehead atoms. The summed E-state index contributed by atoms with van der Waals surface area (Å²) in [6.07, 6.45) is 2.17. The number of rotatable bonds is 8. The Balaban J connectivity index is 1.51. The van der Waals surface area contributed by atoms with Crippen molar-refractivity contribution < 1.29 is 18.6 Å². The van der Waals surface area contributed by atoms with Crippen molar-refractivity contribution in [2.75, 3.05) is 32.8 Å². The van der Waals surface area contributed by atoms with E-state index in [-0.39, 0.29) is 12.4 Å². The van der Waals surface area contributed by atoms with E-state index in [0.29, 0.717) is 37.2 Å². The summed E-state index contributed by atoms with van der Waals surface area (Å²) in [5.74, 6) is -1.03. The van der Waals surface area contributed by atoms with Crippen molar-refractivity contribution in [2.45, 2.75) is 25.4 Å². The monoisotopic (exact) mass is 312 g/mol. The molecule has 0 amide bonds. The summed E-state index contributed by atoms with van der Waals surface area (Å²) in [7, 11) is 0. The fraction of sp³-hybridized carbons (Fsp3) is 0.625. The second kappa shape index (κ2) is 6.89. The van der Waals surface area contributed by atoms with Gasteiger partial charge in [0.05, 0.1) is 13.2 Å². The lowest BCUT2D eigenvalue weighted by molar-refractivity contribution is 0.113. The van der Waals surface area contributed by atoms with E-state index in [4.69, 9.17) is 9.84 Å². The SMILES string of the molecule is OCCNC1CN(Cc2cc(F)c(OCC3CC3)c(F)c2)C1. The molecule has 1 aliphatic heterocycles. The van der Waals surface area contributed by atoms with Gasteiger partial charge in [-0.25, -0.2) is 8.78 Å². The van der Waals surface area contributed by atoms with Gasteiger partial charge in [-0.2, -0.15) is 0 Å². The van der Waals surface area contributed by atoms with Crippen molar-refractivity contribution >= 4 is 0 Å². The molecule has 1 aromatic carbocycles. The predicted octanol–water partition coefficient (Wildman–Crippen LogP) is 1.52. The summed E-state index contributed by atoms with van der Waals surface area (Å²) in [4.78, 5) is 2.11. The number of likely N-dealkylation sites (tertiary alicyclic amines) is 1. The first-order valence-electron chi connectivity index (χ1n) is 7.83. The van der Waals surface area contributed by atoms with Crippen LogP contribution < -0.4 is 10.1 Å². The van der Waals surface area contributed by atoms with Gasteiger partial charge >= 0.3 is 0 Å². The summed E-state index contributed by atoms with van der Waals surface area (Å²) >= 11 is 0. The molecule has 2 fully saturated rings. The highest BCUT2D eigenvalue weighted by atomic mass is 19.1. The second-order valence-corrected chi connectivity index (χ2v) is 6.21. The van der Waals surface area contributed by atoms with Crippen LogP contribution in [0.25, 0.3) is 0 Å². The normalized spacial score (nSPS) is 19.2. The van der Waals surface area contributed by atoms with Crippen LogP contribution in [0.4, 0.5) is 8.78 Å². The fourth-order valence-electron chi connectivity index (χ4n) is 2.68. The van der Waals surface area contributed by atoms with Crippen LogP contribution in [-0.4, -0.2) is 48.9 Å². The highest BCUT2D eigenvalue weighted by Crippen LogP contribution is 2.31. The second-order valence-electron chi connectivity index (χ2n) is 6.21. The summed E-state index contributed by atoms with van der Waals surface area (Å²) in [6.45, 7) is 3.27. The van der Waals surface area contributed by atoms with Gasteiger partial charge < -0.3 is 15.2 Å². The van der Waals surface area contributed by atoms with Crippen molar-refractivity contribution in [3.63, 3.8) is 0 Å². The molecule has 1 aromatic rings. The maximum Gasteiger partial charge on any atom is 0.190 e. The molecule has 0 aromatic heterocycles. The molecule has 0 atom stereocenters. The Kier molecular flexibility index (Phi) is 4.90. The number of halogens is 2. The zero-order chi connectivity index (χ0) is 15.5. The number of aliphatic hydroxyl groups excluding tert-OH is 1. The van der Waals surface area contributed by atoms with Gasteiger partial charge in [-0.05, 0) is 36.5 Å². The Morgan fingerprint density at radius 2 is 1.91 bits per heavy atom. The molecule has 0 radical (unpaired) electrons. The number of benzene rings is 1. The molecular weight excluding hydrogens is 290 g/mol. The van der Waals surface area contributed by atoms with E-state index in [1.54, 1.807) is 0 Å². The van der Waals surface area contributed by atoms with Crippen LogP contribution >= 0.6 is 0 Å². The molecule has 1 heterocycles. The van der Waals surface area contributed by atoms with Crippen LogP contribution in [0.15, 0.2) is 12.1 Å². The van der Waals surface area contributed by atoms with Crippen LogP contribution in [-0.2, 0) is 6.54 Å². The van der Waals surface area contributed by atoms with Crippen molar-refractivity contribution in [1.82, 2.24) is 10.2 Å². The van der Waals surface area contributed by atoms with E-state index in [9.17, 15) is 8.78 Å². The molecule has 2 aliphatic rings. The lowest BCUT2D eigenvalue weighted by Crippen LogP contribution is -2.57.